The van der Waals surface area contributed by atoms with Crippen molar-refractivity contribution in [3.63, 3.8) is 0 Å². The molecule has 0 radical (unpaired) electrons. The average Bonchev–Trinajstić information content (AvgIpc) is 3.33. The monoisotopic (exact) mass is 346 g/mol. The first kappa shape index (κ1) is 16.5. The molecule has 0 spiro atoms. The number of benzene rings is 2. The van der Waals surface area contributed by atoms with E-state index >= 15 is 0 Å². The first-order valence-electron chi connectivity index (χ1n) is 8.94. The molecule has 4 rings (SSSR count). The maximum absolute atomic E-state index is 12.7. The molecule has 1 amide bonds. The lowest BCUT2D eigenvalue weighted by atomic mass is 10.2. The van der Waals surface area contributed by atoms with Gasteiger partial charge in [0.15, 0.2) is 0 Å². The molecule has 1 aliphatic heterocycles. The molecule has 0 bridgehead atoms. The number of rotatable bonds is 5. The Morgan fingerprint density at radius 2 is 1.81 bits per heavy atom. The van der Waals surface area contributed by atoms with Gasteiger partial charge in [-0.05, 0) is 24.1 Å². The van der Waals surface area contributed by atoms with Crippen LogP contribution in [0.15, 0.2) is 73.2 Å². The lowest BCUT2D eigenvalue weighted by molar-refractivity contribution is 0.0930. The van der Waals surface area contributed by atoms with E-state index in [0.717, 1.165) is 31.7 Å². The van der Waals surface area contributed by atoms with Crippen molar-refractivity contribution in [3.8, 4) is 5.69 Å². The third kappa shape index (κ3) is 3.68. The predicted molar refractivity (Wildman–Crippen MR) is 101 cm³/mol. The summed E-state index contributed by atoms with van der Waals surface area (Å²) in [5, 5.41) is 3.17. The molecule has 0 aliphatic carbocycles. The van der Waals surface area contributed by atoms with Gasteiger partial charge >= 0.3 is 0 Å². The van der Waals surface area contributed by atoms with Crippen molar-refractivity contribution in [1.82, 2.24) is 19.8 Å². The maximum Gasteiger partial charge on any atom is 0.270 e. The molecule has 5 heteroatoms. The minimum atomic E-state index is -0.0714. The van der Waals surface area contributed by atoms with Gasteiger partial charge in [-0.25, -0.2) is 4.98 Å². The fraction of sp³-hybridized carbons (Fsp3) is 0.238. The Balaban J connectivity index is 1.38. The van der Waals surface area contributed by atoms with E-state index in [1.807, 2.05) is 41.0 Å². The number of hydrogen-bond acceptors (Lipinski definition) is 3. The van der Waals surface area contributed by atoms with Gasteiger partial charge in [0.1, 0.15) is 5.69 Å². The maximum atomic E-state index is 12.7. The van der Waals surface area contributed by atoms with Crippen LogP contribution in [0.5, 0.6) is 0 Å². The highest BCUT2D eigenvalue weighted by Gasteiger charge is 2.25. The summed E-state index contributed by atoms with van der Waals surface area (Å²) in [7, 11) is 0. The summed E-state index contributed by atoms with van der Waals surface area (Å²) in [6, 6.07) is 20.4. The van der Waals surface area contributed by atoms with Crippen LogP contribution in [0.4, 0.5) is 0 Å². The topological polar surface area (TPSA) is 50.2 Å². The van der Waals surface area contributed by atoms with Crippen LogP contribution < -0.4 is 5.32 Å². The van der Waals surface area contributed by atoms with Crippen LogP contribution in [-0.4, -0.2) is 39.5 Å². The van der Waals surface area contributed by atoms with Crippen molar-refractivity contribution < 1.29 is 4.79 Å². The second-order valence-electron chi connectivity index (χ2n) is 6.66. The van der Waals surface area contributed by atoms with E-state index in [9.17, 15) is 4.79 Å². The number of carbonyl (C=O) groups excluding carboxylic acids is 1. The summed E-state index contributed by atoms with van der Waals surface area (Å²) in [6.07, 6.45) is 4.28. The summed E-state index contributed by atoms with van der Waals surface area (Å²) in [5.41, 5.74) is 2.81. The van der Waals surface area contributed by atoms with Gasteiger partial charge in [0, 0.05) is 31.4 Å². The van der Waals surface area contributed by atoms with Gasteiger partial charge in [-0.1, -0.05) is 48.5 Å². The molecule has 1 aromatic heterocycles. The van der Waals surface area contributed by atoms with Crippen LogP contribution in [0, 0.1) is 0 Å². The number of likely N-dealkylation sites (tertiary alicyclic amines) is 1. The molecule has 1 aliphatic rings. The van der Waals surface area contributed by atoms with E-state index < -0.39 is 0 Å². The number of para-hydroxylation sites is 1. The van der Waals surface area contributed by atoms with Crippen molar-refractivity contribution in [2.24, 2.45) is 0 Å². The Morgan fingerprint density at radius 1 is 1.08 bits per heavy atom. The molecule has 132 valence electrons. The molecule has 5 nitrogen and oxygen atoms in total. The second-order valence-corrected chi connectivity index (χ2v) is 6.66. The second kappa shape index (κ2) is 7.54. The Bertz CT molecular complexity index is 860. The van der Waals surface area contributed by atoms with E-state index in [2.05, 4.69) is 39.5 Å². The molecule has 2 heterocycles. The number of imidazole rings is 1. The van der Waals surface area contributed by atoms with Crippen molar-refractivity contribution >= 4 is 5.91 Å². The van der Waals surface area contributed by atoms with E-state index in [1.165, 1.54) is 5.56 Å². The highest BCUT2D eigenvalue weighted by Crippen LogP contribution is 2.15. The van der Waals surface area contributed by atoms with Gasteiger partial charge in [-0.2, -0.15) is 0 Å². The first-order chi connectivity index (χ1) is 12.8. The van der Waals surface area contributed by atoms with Gasteiger partial charge in [0.2, 0.25) is 0 Å². The zero-order valence-corrected chi connectivity index (χ0v) is 14.6. The molecular formula is C21H22N4O. The molecule has 1 fully saturated rings. The Labute approximate surface area is 153 Å². The highest BCUT2D eigenvalue weighted by molar-refractivity contribution is 5.93. The molecule has 26 heavy (non-hydrogen) atoms. The SMILES string of the molecule is O=C(N[C@@H]1CCN(Cc2ccccc2)C1)c1cncn1-c1ccccc1. The largest absolute Gasteiger partial charge is 0.347 e. The van der Waals surface area contributed by atoms with Crippen LogP contribution in [0.1, 0.15) is 22.5 Å². The van der Waals surface area contributed by atoms with Gasteiger partial charge in [0.25, 0.3) is 5.91 Å². The Morgan fingerprint density at radius 3 is 2.58 bits per heavy atom. The lowest BCUT2D eigenvalue weighted by Gasteiger charge is -2.17. The molecular weight excluding hydrogens is 324 g/mol. The normalized spacial score (nSPS) is 17.3. The van der Waals surface area contributed by atoms with Gasteiger partial charge in [0.05, 0.1) is 12.5 Å². The number of hydrogen-bond donors (Lipinski definition) is 1. The third-order valence-electron chi connectivity index (χ3n) is 4.76. The number of amides is 1. The van der Waals surface area contributed by atoms with E-state index in [1.54, 1.807) is 12.5 Å². The molecule has 1 N–H and O–H groups in total. The summed E-state index contributed by atoms with van der Waals surface area (Å²) < 4.78 is 1.83. The molecule has 2 aromatic carbocycles. The minimum Gasteiger partial charge on any atom is -0.347 e. The summed E-state index contributed by atoms with van der Waals surface area (Å²) in [6.45, 7) is 2.80. The van der Waals surface area contributed by atoms with Crippen LogP contribution in [0.3, 0.4) is 0 Å². The fourth-order valence-electron chi connectivity index (χ4n) is 3.45. The van der Waals surface area contributed by atoms with E-state index in [-0.39, 0.29) is 11.9 Å². The first-order valence-corrected chi connectivity index (χ1v) is 8.94. The minimum absolute atomic E-state index is 0.0714. The molecule has 0 unspecified atom stereocenters. The van der Waals surface area contributed by atoms with Gasteiger partial charge in [-0.15, -0.1) is 0 Å². The number of nitrogens with zero attached hydrogens (tertiary/aromatic N) is 3. The molecule has 1 atom stereocenters. The van der Waals surface area contributed by atoms with E-state index in [4.69, 9.17) is 0 Å². The summed E-state index contributed by atoms with van der Waals surface area (Å²) in [5.74, 6) is -0.0714. The number of nitrogens with one attached hydrogen (secondary N) is 1. The molecule has 0 saturated carbocycles. The van der Waals surface area contributed by atoms with Crippen molar-refractivity contribution in [2.45, 2.75) is 19.0 Å². The van der Waals surface area contributed by atoms with E-state index in [0.29, 0.717) is 5.69 Å². The van der Waals surface area contributed by atoms with Gasteiger partial charge < -0.3 is 5.32 Å². The lowest BCUT2D eigenvalue weighted by Crippen LogP contribution is -2.37. The molecule has 3 aromatic rings. The number of carbonyl (C=O) groups is 1. The van der Waals surface area contributed by atoms with Crippen LogP contribution >= 0.6 is 0 Å². The zero-order valence-electron chi connectivity index (χ0n) is 14.6. The molecule has 1 saturated heterocycles. The average molecular weight is 346 g/mol. The van der Waals surface area contributed by atoms with Crippen LogP contribution in [-0.2, 0) is 6.54 Å². The fourth-order valence-corrected chi connectivity index (χ4v) is 3.45. The van der Waals surface area contributed by atoms with Crippen LogP contribution in [0.25, 0.3) is 5.69 Å². The summed E-state index contributed by atoms with van der Waals surface area (Å²) in [4.78, 5) is 19.3. The van der Waals surface area contributed by atoms with Crippen molar-refractivity contribution in [1.29, 1.82) is 0 Å². The standard InChI is InChI=1S/C21H22N4O/c26-21(20-13-22-16-25(20)19-9-5-2-6-10-19)23-18-11-12-24(15-18)14-17-7-3-1-4-8-17/h1-10,13,16,18H,11-12,14-15H2,(H,23,26)/t18-/m1/s1. The number of aromatic nitrogens is 2. The highest BCUT2D eigenvalue weighted by atomic mass is 16.2. The van der Waals surface area contributed by atoms with Crippen molar-refractivity contribution in [3.05, 3.63) is 84.4 Å². The van der Waals surface area contributed by atoms with Gasteiger partial charge in [-0.3, -0.25) is 14.3 Å². The zero-order chi connectivity index (χ0) is 17.8. The van der Waals surface area contributed by atoms with Crippen LogP contribution in [0.2, 0.25) is 0 Å². The third-order valence-corrected chi connectivity index (χ3v) is 4.76. The Kier molecular flexibility index (Phi) is 4.80. The Hall–Kier alpha value is -2.92. The summed E-state index contributed by atoms with van der Waals surface area (Å²) >= 11 is 0. The smallest absolute Gasteiger partial charge is 0.270 e. The predicted octanol–water partition coefficient (Wildman–Crippen LogP) is 2.88. The van der Waals surface area contributed by atoms with Crippen molar-refractivity contribution in [2.75, 3.05) is 13.1 Å². The quantitative estimate of drug-likeness (QED) is 0.773.